The average Bonchev–Trinajstić information content (AvgIpc) is 1.54. The molecule has 6 heteroatoms. The van der Waals surface area contributed by atoms with E-state index in [4.69, 9.17) is 0 Å². The molecule has 6 saturated heterocycles. The Morgan fingerprint density at radius 2 is 0.338 bits per heavy atom. The zero-order valence-electron chi connectivity index (χ0n) is 94.8. The predicted octanol–water partition coefficient (Wildman–Crippen LogP) is 44.9. The largest absolute Gasteiger partial charge is 0.298 e. The SMILES string of the molecule is C.C.C.C.C.C.C.C.C.C.C.C.C.C.C.C.CC.CC.CC.CC.CC.CC.CC.CC.CC.CC.CC.CC.CC.CC.CCC.CCC(CN1[C@H](C)[C@H](C)[C@H](C)[C@@H]1C)CN1[C@H](C)[C@H](C)[C@H](C)[C@@H]1C.CCN1[C@@H]2[C@@H]3[C@H](C)[C@H](C)C[C@@H]3[C@@H]2[C@H](C)[C@@H]1C.CCN1[C@H](C)[C@H](C)[C@H](C)[C@@H]1C.CCN1[C@H](C)[C@H](C)[C@H](C)[C@@H]1C.CCN1[C@H]2[C@H](C3[C@@H](C)[C@@H](C)C[C@H]32)[C@H](C)[C@@H]1C.C[C@@H]1[C@H](C)[C@H](C)C[C@@H]1C. The Hall–Kier alpha value is -0.240. The van der Waals surface area contributed by atoms with Crippen LogP contribution in [0, 0.1) is 148 Å². The van der Waals surface area contributed by atoms with Gasteiger partial charge in [0.05, 0.1) is 0 Å². The van der Waals surface area contributed by atoms with Gasteiger partial charge in [0.15, 0.2) is 0 Å². The van der Waals surface area contributed by atoms with E-state index in [1.165, 1.54) is 71.4 Å². The van der Waals surface area contributed by atoms with Gasteiger partial charge in [-0.1, -0.05) is 499 Å². The van der Waals surface area contributed by atoms with Gasteiger partial charge in [-0.2, -0.15) is 0 Å². The molecule has 0 amide bonds. The first-order chi connectivity index (χ1) is 55.6. The van der Waals surface area contributed by atoms with Crippen molar-refractivity contribution in [1.29, 1.82) is 0 Å². The van der Waals surface area contributed by atoms with E-state index in [-0.39, 0.29) is 119 Å². The second-order valence-corrected chi connectivity index (χ2v) is 35.4. The Morgan fingerprint density at radius 1 is 0.173 bits per heavy atom. The molecule has 0 aromatic carbocycles. The van der Waals surface area contributed by atoms with Gasteiger partial charge in [-0.05, 0) is 263 Å². The smallest absolute Gasteiger partial charge is 0.0166 e. The molecule has 0 spiro atoms. The van der Waals surface area contributed by atoms with Crippen LogP contribution in [-0.2, 0) is 0 Å². The number of hydrogen-bond acceptors (Lipinski definition) is 6. The topological polar surface area (TPSA) is 19.4 Å². The van der Waals surface area contributed by atoms with Gasteiger partial charge >= 0.3 is 0 Å². The summed E-state index contributed by atoms with van der Waals surface area (Å²) in [6.45, 7) is 147. The van der Waals surface area contributed by atoms with Crippen molar-refractivity contribution >= 4 is 0 Å². The number of rotatable bonds is 9. The summed E-state index contributed by atoms with van der Waals surface area (Å²) < 4.78 is 0. The molecule has 0 radical (unpaired) electrons. The minimum absolute atomic E-state index is 0. The third kappa shape index (κ3) is 54.5. The Bertz CT molecular complexity index is 1890. The molecule has 11 rings (SSSR count). The summed E-state index contributed by atoms with van der Waals surface area (Å²) in [6, 6.07) is 9.62. The van der Waals surface area contributed by atoms with Gasteiger partial charge < -0.3 is 0 Å². The second kappa shape index (κ2) is 115. The third-order valence-corrected chi connectivity index (χ3v) is 32.3. The van der Waals surface area contributed by atoms with E-state index in [0.717, 1.165) is 220 Å². The van der Waals surface area contributed by atoms with Crippen LogP contribution in [0.3, 0.4) is 0 Å². The van der Waals surface area contributed by atoms with Crippen LogP contribution in [-0.4, -0.2) is 141 Å². The Morgan fingerprint density at radius 3 is 0.526 bits per heavy atom. The van der Waals surface area contributed by atoms with Crippen LogP contribution in [0.4, 0.5) is 0 Å². The molecule has 5 saturated carbocycles. The fourth-order valence-electron chi connectivity index (χ4n) is 23.1. The van der Waals surface area contributed by atoms with Crippen LogP contribution in [0.1, 0.15) is 587 Å². The Balaban J connectivity index is -0.0000000402. The molecule has 36 atom stereocenters. The number of nitrogens with zero attached hydrogens (tertiary/aromatic N) is 6. The molecule has 850 valence electrons. The van der Waals surface area contributed by atoms with Crippen molar-refractivity contribution in [2.45, 2.75) is 660 Å². The number of hydrogen-bond donors (Lipinski definition) is 0. The molecular weight excluding hydrogens is 1610 g/mol. The van der Waals surface area contributed by atoms with Gasteiger partial charge in [0.2, 0.25) is 0 Å². The molecule has 11 fully saturated rings. The fourth-order valence-corrected chi connectivity index (χ4v) is 23.1. The highest BCUT2D eigenvalue weighted by Gasteiger charge is 2.66. The van der Waals surface area contributed by atoms with Crippen molar-refractivity contribution in [2.75, 3.05) is 39.3 Å². The van der Waals surface area contributed by atoms with Crippen LogP contribution in [0.15, 0.2) is 0 Å². The van der Waals surface area contributed by atoms with E-state index >= 15 is 0 Å². The molecule has 6 heterocycles. The van der Waals surface area contributed by atoms with Gasteiger partial charge in [-0.25, -0.2) is 0 Å². The molecule has 6 aliphatic heterocycles. The van der Waals surface area contributed by atoms with Gasteiger partial charge in [-0.15, -0.1) is 0 Å². The average molecular weight is 1920 g/mol. The van der Waals surface area contributed by atoms with Crippen molar-refractivity contribution in [3.63, 3.8) is 0 Å². The maximum absolute atomic E-state index is 2.81. The first-order valence-corrected chi connectivity index (χ1v) is 54.1. The minimum Gasteiger partial charge on any atom is -0.298 e. The van der Waals surface area contributed by atoms with E-state index in [0.29, 0.717) is 0 Å². The van der Waals surface area contributed by atoms with Crippen LogP contribution >= 0.6 is 0 Å². The molecule has 6 nitrogen and oxygen atoms in total. The van der Waals surface area contributed by atoms with Crippen LogP contribution in [0.2, 0.25) is 0 Å². The summed E-state index contributed by atoms with van der Waals surface area (Å²) in [5, 5.41) is 0. The van der Waals surface area contributed by atoms with Gasteiger partial charge in [-0.3, -0.25) is 29.4 Å². The summed E-state index contributed by atoms with van der Waals surface area (Å²) in [5.41, 5.74) is 0. The van der Waals surface area contributed by atoms with E-state index in [2.05, 4.69) is 272 Å². The zero-order valence-corrected chi connectivity index (χ0v) is 94.8. The summed E-state index contributed by atoms with van der Waals surface area (Å²) in [6.07, 6.45) is 7.02. The normalized spacial score (nSPS) is 34.6. The number of likely N-dealkylation sites (tertiary alicyclic amines) is 6. The van der Waals surface area contributed by atoms with Crippen LogP contribution in [0.25, 0.3) is 0 Å². The highest BCUT2D eigenvalue weighted by Crippen LogP contribution is 2.65. The van der Waals surface area contributed by atoms with Crippen molar-refractivity contribution in [3.8, 4) is 0 Å². The lowest BCUT2D eigenvalue weighted by atomic mass is 9.58. The van der Waals surface area contributed by atoms with Crippen LogP contribution in [0.5, 0.6) is 0 Å². The molecule has 11 aliphatic rings. The summed E-state index contributed by atoms with van der Waals surface area (Å²) in [7, 11) is 0. The van der Waals surface area contributed by atoms with Crippen molar-refractivity contribution in [1.82, 2.24) is 29.4 Å². The van der Waals surface area contributed by atoms with Crippen molar-refractivity contribution < 1.29 is 0 Å². The molecule has 0 aromatic heterocycles. The maximum Gasteiger partial charge on any atom is 0.0166 e. The first-order valence-electron chi connectivity index (χ1n) is 54.1. The van der Waals surface area contributed by atoms with Gasteiger partial charge in [0.25, 0.3) is 0 Å². The molecule has 0 N–H and O–H groups in total. The van der Waals surface area contributed by atoms with E-state index in [1.54, 1.807) is 0 Å². The molecule has 1 unspecified atom stereocenters. The lowest BCUT2D eigenvalue weighted by Gasteiger charge is -2.51. The lowest BCUT2D eigenvalue weighted by Crippen LogP contribution is -2.55. The maximum atomic E-state index is 2.81. The highest BCUT2D eigenvalue weighted by atomic mass is 15.3. The molecule has 0 bridgehead atoms. The van der Waals surface area contributed by atoms with Crippen LogP contribution < -0.4 is 0 Å². The van der Waals surface area contributed by atoms with Crippen molar-refractivity contribution in [3.05, 3.63) is 0 Å². The van der Waals surface area contributed by atoms with E-state index < -0.39 is 0 Å². The highest BCUT2D eigenvalue weighted by molar-refractivity contribution is 5.17. The monoisotopic (exact) mass is 1920 g/mol. The Labute approximate surface area is 870 Å². The van der Waals surface area contributed by atoms with E-state index in [9.17, 15) is 0 Å². The Kier molecular flexibility index (Phi) is 175. The van der Waals surface area contributed by atoms with Crippen molar-refractivity contribution in [2.24, 2.45) is 148 Å². The summed E-state index contributed by atoms with van der Waals surface area (Å²) in [5.74, 6) is 23.5. The number of fused-ring (bicyclic) bond motifs is 8. The molecular formula is C127H312N6. The lowest BCUT2D eigenvalue weighted by molar-refractivity contribution is -0.0205. The van der Waals surface area contributed by atoms with Gasteiger partial charge in [0.1, 0.15) is 0 Å². The van der Waals surface area contributed by atoms with Gasteiger partial charge in [0, 0.05) is 85.6 Å². The predicted molar refractivity (Wildman–Crippen MR) is 661 cm³/mol. The third-order valence-electron chi connectivity index (χ3n) is 32.3. The fraction of sp³-hybridized carbons (Fsp3) is 1.00. The van der Waals surface area contributed by atoms with E-state index in [1.807, 2.05) is 194 Å². The molecule has 0 aromatic rings. The zero-order chi connectivity index (χ0) is 95.6. The summed E-state index contributed by atoms with van der Waals surface area (Å²) >= 11 is 0. The summed E-state index contributed by atoms with van der Waals surface area (Å²) in [4.78, 5) is 16.4. The molecule has 133 heavy (non-hydrogen) atoms. The quantitative estimate of drug-likeness (QED) is 0.228. The second-order valence-electron chi connectivity index (χ2n) is 35.4. The first kappa shape index (κ1) is 202. The standard InChI is InChI=1S/C21H42N2.2C15H27N.2C10H21N.C9H18.C3H8.14C2H6.16CH4/c1-10-21(11-22-17(6)13(2)14(3)18(22)7)12-23-19(8)15(4)16(5)20(23)9;1-6-16-11(5)10(4)14-13-9(3)8(2)7-12(13)15(14)16;1-6-16-11(5)10(4)14-12-7-8(2)9(3)13(12)15(14)16;2*1-6-11-9(4)7(2)8(3)10(11)5;1-6-5-7(2)9(4)8(6)3;1-3-2;14*1-2;;;;;;;;;;;;;;;;/h13-21H,10-12H2,1-9H3;2*8-15H,6-7H2,1-5H3;2*7-10H,6H2,1-5H3;6-9H,5H2,1-4H3;3H2,1-2H3;14*1-2H3;16*1H4/t13-,14+,15-,16+,17-,18+,19-,20+;8-,9-,10+,11-,12+,13?,14-,15+;8-,9-,10-,11+,12+,13-,14+,15-;2*7-,8+,9-,10+;6-,7+,8-,9+;;;;;;;;;;;;;;;;;;;;;;;;;;;;;;;/m.01................................../s1. The minimum atomic E-state index is 0. The molecule has 5 aliphatic carbocycles.